The maximum Gasteiger partial charge on any atom is 0.360 e. The first-order chi connectivity index (χ1) is 8.50. The van der Waals surface area contributed by atoms with Crippen LogP contribution in [-0.2, 0) is 14.3 Å². The van der Waals surface area contributed by atoms with Gasteiger partial charge in [0.2, 0.25) is 0 Å². The van der Waals surface area contributed by atoms with E-state index in [1.807, 2.05) is 0 Å². The number of likely N-dealkylation sites (N-methyl/N-ethyl adjacent to an activating group) is 1. The molecule has 1 amide bonds. The first-order valence-electron chi connectivity index (χ1n) is 5.74. The van der Waals surface area contributed by atoms with Crippen LogP contribution in [0, 0.1) is 0 Å². The maximum atomic E-state index is 12.2. The van der Waals surface area contributed by atoms with Crippen LogP contribution in [0.25, 0.3) is 0 Å². The largest absolute Gasteiger partial charge is 0.464 e. The third-order valence-electron chi connectivity index (χ3n) is 2.92. The Bertz CT molecular complexity index is 500. The number of anilines is 1. The van der Waals surface area contributed by atoms with E-state index in [0.717, 1.165) is 0 Å². The molecule has 5 nitrogen and oxygen atoms in total. The molecule has 0 spiro atoms. The minimum Gasteiger partial charge on any atom is -0.464 e. The lowest BCUT2D eigenvalue weighted by Gasteiger charge is -2.37. The number of rotatable bonds is 2. The van der Waals surface area contributed by atoms with Gasteiger partial charge in [-0.05, 0) is 26.0 Å². The van der Waals surface area contributed by atoms with Crippen molar-refractivity contribution in [2.45, 2.75) is 19.4 Å². The number of para-hydroxylation sites is 2. The Morgan fingerprint density at radius 3 is 2.78 bits per heavy atom. The van der Waals surface area contributed by atoms with Gasteiger partial charge in [0.25, 0.3) is 11.5 Å². The summed E-state index contributed by atoms with van der Waals surface area (Å²) in [7, 11) is 1.61. The highest BCUT2D eigenvalue weighted by molar-refractivity contribution is 6.14. The fourth-order valence-electron chi connectivity index (χ4n) is 1.91. The summed E-state index contributed by atoms with van der Waals surface area (Å²) in [5.74, 6) is -0.605. The van der Waals surface area contributed by atoms with E-state index >= 15 is 0 Å². The summed E-state index contributed by atoms with van der Waals surface area (Å²) in [6, 6.07) is 7.07. The molecule has 0 saturated carbocycles. The van der Waals surface area contributed by atoms with E-state index in [9.17, 15) is 9.59 Å². The van der Waals surface area contributed by atoms with Gasteiger partial charge in [-0.15, -0.1) is 0 Å². The van der Waals surface area contributed by atoms with E-state index in [1.165, 1.54) is 11.8 Å². The minimum atomic E-state index is -1.61. The number of carbonyl (C=O) groups is 2. The topological polar surface area (TPSA) is 55.8 Å². The molecule has 0 fully saturated rings. The van der Waals surface area contributed by atoms with Crippen LogP contribution in [0.2, 0.25) is 0 Å². The van der Waals surface area contributed by atoms with Gasteiger partial charge < -0.3 is 14.4 Å². The zero-order chi connectivity index (χ0) is 13.3. The zero-order valence-corrected chi connectivity index (χ0v) is 10.6. The fourth-order valence-corrected chi connectivity index (χ4v) is 1.91. The van der Waals surface area contributed by atoms with Crippen molar-refractivity contribution < 1.29 is 19.1 Å². The first-order valence-corrected chi connectivity index (χ1v) is 5.74. The fraction of sp³-hybridized carbons (Fsp3) is 0.385. The van der Waals surface area contributed by atoms with Gasteiger partial charge in [-0.25, -0.2) is 4.79 Å². The molecule has 2 rings (SSSR count). The highest BCUT2D eigenvalue weighted by atomic mass is 16.6. The van der Waals surface area contributed by atoms with Crippen LogP contribution in [-0.4, -0.2) is 31.1 Å². The maximum absolute atomic E-state index is 12.2. The second kappa shape index (κ2) is 4.33. The van der Waals surface area contributed by atoms with Crippen LogP contribution in [0.4, 0.5) is 5.69 Å². The van der Waals surface area contributed by atoms with E-state index in [1.54, 1.807) is 38.2 Å². The van der Waals surface area contributed by atoms with E-state index in [0.29, 0.717) is 11.4 Å². The molecule has 0 radical (unpaired) electrons. The summed E-state index contributed by atoms with van der Waals surface area (Å²) < 4.78 is 10.5. The van der Waals surface area contributed by atoms with Gasteiger partial charge in [0, 0.05) is 7.05 Å². The molecule has 1 aromatic rings. The monoisotopic (exact) mass is 249 g/mol. The predicted octanol–water partition coefficient (Wildman–Crippen LogP) is 1.36. The molecule has 0 aromatic heterocycles. The molecule has 18 heavy (non-hydrogen) atoms. The second-order valence-electron chi connectivity index (χ2n) is 4.19. The summed E-state index contributed by atoms with van der Waals surface area (Å²) in [5, 5.41) is 0. The van der Waals surface area contributed by atoms with Crippen molar-refractivity contribution in [3.05, 3.63) is 24.3 Å². The molecule has 5 heteroatoms. The van der Waals surface area contributed by atoms with Gasteiger partial charge in [-0.1, -0.05) is 12.1 Å². The Kier molecular flexibility index (Phi) is 2.98. The Hall–Kier alpha value is -2.04. The quantitative estimate of drug-likeness (QED) is 0.586. The number of fused-ring (bicyclic) bond motifs is 1. The molecular formula is C13H15NO4. The number of hydrogen-bond acceptors (Lipinski definition) is 4. The van der Waals surface area contributed by atoms with Gasteiger partial charge >= 0.3 is 5.97 Å². The SMILES string of the molecule is CCOC(=O)[C@@]1(C)Oc2ccccc2N(C)C1=O. The number of ether oxygens (including phenoxy) is 2. The highest BCUT2D eigenvalue weighted by Crippen LogP contribution is 2.37. The number of hydrogen-bond donors (Lipinski definition) is 0. The van der Waals surface area contributed by atoms with Gasteiger partial charge in [0.05, 0.1) is 12.3 Å². The number of carbonyl (C=O) groups excluding carboxylic acids is 2. The van der Waals surface area contributed by atoms with Crippen molar-refractivity contribution in [1.29, 1.82) is 0 Å². The van der Waals surface area contributed by atoms with Crippen LogP contribution in [0.3, 0.4) is 0 Å². The van der Waals surface area contributed by atoms with Gasteiger partial charge in [0.15, 0.2) is 0 Å². The summed E-state index contributed by atoms with van der Waals surface area (Å²) in [4.78, 5) is 25.5. The molecule has 1 atom stereocenters. The Morgan fingerprint density at radius 2 is 2.11 bits per heavy atom. The van der Waals surface area contributed by atoms with Gasteiger partial charge in [-0.2, -0.15) is 0 Å². The predicted molar refractivity (Wildman–Crippen MR) is 65.5 cm³/mol. The van der Waals surface area contributed by atoms with Crippen molar-refractivity contribution in [2.75, 3.05) is 18.6 Å². The summed E-state index contributed by atoms with van der Waals surface area (Å²) >= 11 is 0. The van der Waals surface area contributed by atoms with Crippen LogP contribution in [0.1, 0.15) is 13.8 Å². The summed E-state index contributed by atoms with van der Waals surface area (Å²) in [6.07, 6.45) is 0. The van der Waals surface area contributed by atoms with E-state index in [-0.39, 0.29) is 6.61 Å². The lowest BCUT2D eigenvalue weighted by molar-refractivity contribution is -0.166. The number of amides is 1. The molecule has 1 aliphatic rings. The Balaban J connectivity index is 2.43. The van der Waals surface area contributed by atoms with Crippen LogP contribution >= 0.6 is 0 Å². The highest BCUT2D eigenvalue weighted by Gasteiger charge is 2.50. The van der Waals surface area contributed by atoms with E-state index < -0.39 is 17.5 Å². The Labute approximate surface area is 105 Å². The van der Waals surface area contributed by atoms with E-state index in [4.69, 9.17) is 9.47 Å². The minimum absolute atomic E-state index is 0.205. The average molecular weight is 249 g/mol. The molecule has 0 saturated heterocycles. The smallest absolute Gasteiger partial charge is 0.360 e. The van der Waals surface area contributed by atoms with Crippen LogP contribution in [0.5, 0.6) is 5.75 Å². The number of nitrogens with zero attached hydrogens (tertiary/aromatic N) is 1. The molecule has 0 unspecified atom stereocenters. The third kappa shape index (κ3) is 1.72. The molecule has 0 bridgehead atoms. The zero-order valence-electron chi connectivity index (χ0n) is 10.6. The van der Waals surface area contributed by atoms with Crippen molar-refractivity contribution in [2.24, 2.45) is 0 Å². The molecule has 96 valence electrons. The second-order valence-corrected chi connectivity index (χ2v) is 4.19. The van der Waals surface area contributed by atoms with E-state index in [2.05, 4.69) is 0 Å². The molecule has 1 aromatic carbocycles. The van der Waals surface area contributed by atoms with Crippen molar-refractivity contribution in [1.82, 2.24) is 0 Å². The lowest BCUT2D eigenvalue weighted by atomic mass is 10.0. The van der Waals surface area contributed by atoms with Crippen LogP contribution in [0.15, 0.2) is 24.3 Å². The molecule has 1 heterocycles. The first kappa shape index (κ1) is 12.4. The molecular weight excluding hydrogens is 234 g/mol. The molecule has 0 N–H and O–H groups in total. The van der Waals surface area contributed by atoms with Gasteiger partial charge in [0.1, 0.15) is 5.75 Å². The normalized spacial score (nSPS) is 22.2. The van der Waals surface area contributed by atoms with Crippen molar-refractivity contribution >= 4 is 17.6 Å². The van der Waals surface area contributed by atoms with Crippen LogP contribution < -0.4 is 9.64 Å². The number of esters is 1. The molecule has 1 aliphatic heterocycles. The van der Waals surface area contributed by atoms with Gasteiger partial charge in [-0.3, -0.25) is 4.79 Å². The standard InChI is InChI=1S/C13H15NO4/c1-4-17-12(16)13(2)11(15)14(3)9-7-5-6-8-10(9)18-13/h5-8H,4H2,1-3H3/t13-/m0/s1. The van der Waals surface area contributed by atoms with Crippen molar-refractivity contribution in [3.8, 4) is 5.75 Å². The van der Waals surface area contributed by atoms with Crippen molar-refractivity contribution in [3.63, 3.8) is 0 Å². The third-order valence-corrected chi connectivity index (χ3v) is 2.92. The summed E-state index contributed by atoms with van der Waals surface area (Å²) in [5.41, 5.74) is -0.969. The Morgan fingerprint density at radius 1 is 1.44 bits per heavy atom. The summed E-state index contributed by atoms with van der Waals surface area (Å²) in [6.45, 7) is 3.32. The number of benzene rings is 1. The molecule has 0 aliphatic carbocycles. The average Bonchev–Trinajstić information content (AvgIpc) is 2.36. The lowest BCUT2D eigenvalue weighted by Crippen LogP contribution is -2.58.